The Morgan fingerprint density at radius 1 is 0.926 bits per heavy atom. The molecule has 0 saturated heterocycles. The van der Waals surface area contributed by atoms with Crippen molar-refractivity contribution in [2.45, 2.75) is 10.1 Å². The molecule has 4 aromatic rings. The van der Waals surface area contributed by atoms with E-state index in [1.54, 1.807) is 11.8 Å². The highest BCUT2D eigenvalue weighted by atomic mass is 35.5. The van der Waals surface area contributed by atoms with Crippen LogP contribution in [0, 0.1) is 0 Å². The van der Waals surface area contributed by atoms with Crippen molar-refractivity contribution in [1.29, 1.82) is 0 Å². The van der Waals surface area contributed by atoms with Crippen molar-refractivity contribution in [1.82, 2.24) is 0 Å². The third kappa shape index (κ3) is 2.73. The maximum atomic E-state index is 13.0. The number of anilines is 2. The summed E-state index contributed by atoms with van der Waals surface area (Å²) in [6, 6.07) is 23.3. The van der Waals surface area contributed by atoms with Crippen LogP contribution in [0.25, 0.3) is 11.0 Å². The molecule has 1 aliphatic heterocycles. The first-order chi connectivity index (χ1) is 13.2. The van der Waals surface area contributed by atoms with Crippen molar-refractivity contribution < 1.29 is 4.42 Å². The minimum Gasteiger partial charge on any atom is -0.422 e. The van der Waals surface area contributed by atoms with Crippen LogP contribution in [0.3, 0.4) is 0 Å². The first-order valence-corrected chi connectivity index (χ1v) is 9.81. The lowest BCUT2D eigenvalue weighted by Gasteiger charge is -2.18. The predicted molar refractivity (Wildman–Crippen MR) is 111 cm³/mol. The molecule has 1 atom stereocenters. The molecule has 27 heavy (non-hydrogen) atoms. The molecular weight excluding hydrogens is 378 g/mol. The number of fused-ring (bicyclic) bond motifs is 4. The van der Waals surface area contributed by atoms with Crippen molar-refractivity contribution in [2.24, 2.45) is 0 Å². The van der Waals surface area contributed by atoms with Crippen LogP contribution in [0.15, 0.2) is 86.9 Å². The van der Waals surface area contributed by atoms with Gasteiger partial charge in [0, 0.05) is 15.3 Å². The van der Waals surface area contributed by atoms with E-state index < -0.39 is 0 Å². The minimum atomic E-state index is -0.346. The summed E-state index contributed by atoms with van der Waals surface area (Å²) < 4.78 is 5.65. The highest BCUT2D eigenvalue weighted by Gasteiger charge is 2.30. The van der Waals surface area contributed by atoms with Crippen molar-refractivity contribution >= 4 is 45.7 Å². The van der Waals surface area contributed by atoms with Crippen molar-refractivity contribution in [2.75, 3.05) is 5.32 Å². The van der Waals surface area contributed by atoms with Crippen LogP contribution in [-0.4, -0.2) is 0 Å². The van der Waals surface area contributed by atoms with Gasteiger partial charge in [-0.15, -0.1) is 11.8 Å². The second-order valence-corrected chi connectivity index (χ2v) is 7.87. The Morgan fingerprint density at radius 2 is 1.67 bits per heavy atom. The summed E-state index contributed by atoms with van der Waals surface area (Å²) in [6.45, 7) is 0. The van der Waals surface area contributed by atoms with Gasteiger partial charge in [-0.25, -0.2) is 4.79 Å². The zero-order valence-electron chi connectivity index (χ0n) is 14.1. The first-order valence-electron chi connectivity index (χ1n) is 8.55. The Morgan fingerprint density at radius 3 is 2.56 bits per heavy atom. The van der Waals surface area contributed by atoms with E-state index >= 15 is 0 Å². The average molecular weight is 392 g/mol. The maximum absolute atomic E-state index is 13.0. The van der Waals surface area contributed by atoms with Gasteiger partial charge in [0.15, 0.2) is 0 Å². The molecule has 0 amide bonds. The Hall–Kier alpha value is -2.69. The van der Waals surface area contributed by atoms with E-state index in [-0.39, 0.29) is 10.9 Å². The van der Waals surface area contributed by atoms with Crippen LogP contribution in [0.4, 0.5) is 11.4 Å². The summed E-state index contributed by atoms with van der Waals surface area (Å²) in [5, 5.41) is 4.72. The Labute approximate surface area is 165 Å². The zero-order valence-corrected chi connectivity index (χ0v) is 15.7. The normalized spacial score (nSPS) is 15.5. The van der Waals surface area contributed by atoms with Crippen LogP contribution in [0.5, 0.6) is 0 Å². The van der Waals surface area contributed by atoms with Crippen molar-refractivity contribution in [3.8, 4) is 0 Å². The van der Waals surface area contributed by atoms with E-state index in [1.807, 2.05) is 72.8 Å². The van der Waals surface area contributed by atoms with Crippen molar-refractivity contribution in [3.05, 3.63) is 99.4 Å². The van der Waals surface area contributed by atoms with Crippen LogP contribution in [0.1, 0.15) is 16.4 Å². The minimum absolute atomic E-state index is 0.272. The van der Waals surface area contributed by atoms with E-state index in [9.17, 15) is 4.79 Å². The van der Waals surface area contributed by atoms with Gasteiger partial charge in [0.1, 0.15) is 5.58 Å². The fourth-order valence-electron chi connectivity index (χ4n) is 3.44. The van der Waals surface area contributed by atoms with E-state index in [2.05, 4.69) is 5.32 Å². The van der Waals surface area contributed by atoms with Gasteiger partial charge in [0.2, 0.25) is 0 Å². The quantitative estimate of drug-likeness (QED) is 0.382. The van der Waals surface area contributed by atoms with E-state index in [1.165, 1.54) is 0 Å². The van der Waals surface area contributed by atoms with Crippen LogP contribution in [0.2, 0.25) is 5.02 Å². The Bertz CT molecular complexity index is 1230. The number of halogens is 1. The number of hydrogen-bond acceptors (Lipinski definition) is 4. The molecule has 1 N–H and O–H groups in total. The van der Waals surface area contributed by atoms with Gasteiger partial charge in [0.25, 0.3) is 0 Å². The number of benzene rings is 3. The summed E-state index contributed by atoms with van der Waals surface area (Å²) in [7, 11) is 0. The molecule has 0 spiro atoms. The predicted octanol–water partition coefficient (Wildman–Crippen LogP) is 6.39. The van der Waals surface area contributed by atoms with Gasteiger partial charge in [-0.2, -0.15) is 0 Å². The average Bonchev–Trinajstić information content (AvgIpc) is 2.86. The molecule has 1 aliphatic rings. The Kier molecular flexibility index (Phi) is 3.96. The summed E-state index contributed by atoms with van der Waals surface area (Å²) in [4.78, 5) is 14.1. The van der Waals surface area contributed by atoms with Gasteiger partial charge in [-0.1, -0.05) is 54.1 Å². The SMILES string of the molecule is O=c1oc2ccccc2c2c1C(c1ccccc1Cl)Sc1ccccc1N2. The van der Waals surface area contributed by atoms with Gasteiger partial charge in [-0.05, 0) is 35.9 Å². The highest BCUT2D eigenvalue weighted by molar-refractivity contribution is 8.00. The summed E-state index contributed by atoms with van der Waals surface area (Å²) in [5.74, 6) is 0. The van der Waals surface area contributed by atoms with Crippen LogP contribution < -0.4 is 10.9 Å². The van der Waals surface area contributed by atoms with E-state index in [0.29, 0.717) is 16.2 Å². The highest BCUT2D eigenvalue weighted by Crippen LogP contribution is 2.50. The maximum Gasteiger partial charge on any atom is 0.343 e. The largest absolute Gasteiger partial charge is 0.422 e. The summed E-state index contributed by atoms with van der Waals surface area (Å²) in [6.07, 6.45) is 0. The molecular formula is C22H14ClNO2S. The number of rotatable bonds is 1. The molecule has 0 saturated carbocycles. The molecule has 1 aromatic heterocycles. The van der Waals surface area contributed by atoms with Gasteiger partial charge in [0.05, 0.1) is 22.2 Å². The molecule has 3 nitrogen and oxygen atoms in total. The second kappa shape index (κ2) is 6.48. The fourth-order valence-corrected chi connectivity index (χ4v) is 5.07. The molecule has 5 heteroatoms. The lowest BCUT2D eigenvalue weighted by Crippen LogP contribution is -2.14. The summed E-state index contributed by atoms with van der Waals surface area (Å²) >= 11 is 8.11. The fraction of sp³-hybridized carbons (Fsp3) is 0.0455. The third-order valence-electron chi connectivity index (χ3n) is 4.69. The molecule has 2 heterocycles. The molecule has 3 aromatic carbocycles. The van der Waals surface area contributed by atoms with Crippen LogP contribution in [-0.2, 0) is 0 Å². The molecule has 132 valence electrons. The molecule has 0 aliphatic carbocycles. The first kappa shape index (κ1) is 16.5. The van der Waals surface area contributed by atoms with Gasteiger partial charge in [-0.3, -0.25) is 0 Å². The molecule has 0 radical (unpaired) electrons. The monoisotopic (exact) mass is 391 g/mol. The van der Waals surface area contributed by atoms with Gasteiger partial charge >= 0.3 is 5.63 Å². The molecule has 0 fully saturated rings. The number of hydrogen-bond donors (Lipinski definition) is 1. The standard InChI is InChI=1S/C22H14ClNO2S/c23-15-9-3-1-7-13(15)21-19-20(24-16-10-4-6-12-18(16)27-21)14-8-2-5-11-17(14)26-22(19)25/h1-12,21,24H. The van der Waals surface area contributed by atoms with Gasteiger partial charge < -0.3 is 9.73 Å². The third-order valence-corrected chi connectivity index (χ3v) is 6.37. The Balaban J connectivity index is 1.88. The summed E-state index contributed by atoms with van der Waals surface area (Å²) in [5.41, 5.74) is 3.45. The lowest BCUT2D eigenvalue weighted by molar-refractivity contribution is 0.553. The molecule has 5 rings (SSSR count). The van der Waals surface area contributed by atoms with E-state index in [4.69, 9.17) is 16.0 Å². The smallest absolute Gasteiger partial charge is 0.343 e. The van der Waals surface area contributed by atoms with E-state index in [0.717, 1.165) is 27.2 Å². The topological polar surface area (TPSA) is 42.2 Å². The number of para-hydroxylation sites is 2. The number of thioether (sulfide) groups is 1. The van der Waals surface area contributed by atoms with Crippen LogP contribution >= 0.6 is 23.4 Å². The lowest BCUT2D eigenvalue weighted by atomic mass is 10.0. The number of nitrogens with one attached hydrogen (secondary N) is 1. The van der Waals surface area contributed by atoms with Crippen molar-refractivity contribution in [3.63, 3.8) is 0 Å². The molecule has 0 bridgehead atoms. The molecule has 1 unspecified atom stereocenters. The second-order valence-electron chi connectivity index (χ2n) is 6.31. The zero-order chi connectivity index (χ0) is 18.4.